The lowest BCUT2D eigenvalue weighted by molar-refractivity contribution is -0.122. The number of anilines is 1. The first kappa shape index (κ1) is 23.4. The molecule has 6 nitrogen and oxygen atoms in total. The van der Waals surface area contributed by atoms with Gasteiger partial charge in [0.25, 0.3) is 11.8 Å². The Morgan fingerprint density at radius 3 is 2.53 bits per heavy atom. The maximum Gasteiger partial charge on any atom is 0.335 e. The standard InChI is InChI=1S/C26H20BrFN2O4/c1-15-6-8-21(10-16(15)2)30-25(32)22(24(31)29-26(30)33)13-18-12-19(27)7-9-23(18)34-14-17-4-3-5-20(28)11-17/h3-13H,14H2,1-2H3,(H,29,31,33)/b22-13+. The minimum atomic E-state index is -0.813. The van der Waals surface area contributed by atoms with Crippen LogP contribution >= 0.6 is 15.9 Å². The van der Waals surface area contributed by atoms with Crippen LogP contribution in [-0.2, 0) is 16.2 Å². The van der Waals surface area contributed by atoms with Crippen molar-refractivity contribution >= 4 is 45.5 Å². The zero-order valence-electron chi connectivity index (χ0n) is 18.4. The predicted molar refractivity (Wildman–Crippen MR) is 130 cm³/mol. The molecule has 1 N–H and O–H groups in total. The zero-order valence-corrected chi connectivity index (χ0v) is 20.0. The van der Waals surface area contributed by atoms with Crippen LogP contribution in [0, 0.1) is 19.7 Å². The number of amides is 4. The number of nitrogens with zero attached hydrogens (tertiary/aromatic N) is 1. The van der Waals surface area contributed by atoms with Crippen molar-refractivity contribution < 1.29 is 23.5 Å². The molecule has 0 aliphatic carbocycles. The number of hydrogen-bond acceptors (Lipinski definition) is 4. The van der Waals surface area contributed by atoms with Gasteiger partial charge in [0.1, 0.15) is 23.7 Å². The maximum atomic E-state index is 13.5. The molecule has 0 unspecified atom stereocenters. The number of imide groups is 2. The van der Waals surface area contributed by atoms with Gasteiger partial charge in [0.15, 0.2) is 0 Å². The third kappa shape index (κ3) is 4.92. The van der Waals surface area contributed by atoms with Crippen molar-refractivity contribution in [2.75, 3.05) is 4.90 Å². The van der Waals surface area contributed by atoms with Crippen LogP contribution in [0.2, 0.25) is 0 Å². The van der Waals surface area contributed by atoms with Gasteiger partial charge in [-0.1, -0.05) is 34.1 Å². The molecule has 172 valence electrons. The molecule has 0 atom stereocenters. The fraction of sp³-hybridized carbons (Fsp3) is 0.115. The normalized spacial score (nSPS) is 15.0. The van der Waals surface area contributed by atoms with E-state index in [0.717, 1.165) is 16.0 Å². The van der Waals surface area contributed by atoms with Gasteiger partial charge < -0.3 is 4.74 Å². The summed E-state index contributed by atoms with van der Waals surface area (Å²) in [5, 5.41) is 2.23. The Morgan fingerprint density at radius 2 is 1.79 bits per heavy atom. The van der Waals surface area contributed by atoms with E-state index >= 15 is 0 Å². The first-order chi connectivity index (χ1) is 16.2. The average Bonchev–Trinajstić information content (AvgIpc) is 2.78. The Balaban J connectivity index is 1.68. The number of aryl methyl sites for hydroxylation is 2. The molecule has 1 aliphatic rings. The molecule has 0 saturated carbocycles. The summed E-state index contributed by atoms with van der Waals surface area (Å²) in [5.41, 5.74) is 3.13. The van der Waals surface area contributed by atoms with Crippen molar-refractivity contribution in [3.63, 3.8) is 0 Å². The summed E-state index contributed by atoms with van der Waals surface area (Å²) in [6, 6.07) is 15.5. The molecule has 1 heterocycles. The highest BCUT2D eigenvalue weighted by atomic mass is 79.9. The van der Waals surface area contributed by atoms with Crippen LogP contribution < -0.4 is 15.0 Å². The topological polar surface area (TPSA) is 75.7 Å². The molecule has 0 radical (unpaired) electrons. The Hall–Kier alpha value is -3.78. The van der Waals surface area contributed by atoms with E-state index in [-0.39, 0.29) is 18.0 Å². The second-order valence-corrected chi connectivity index (χ2v) is 8.74. The lowest BCUT2D eigenvalue weighted by Gasteiger charge is -2.27. The summed E-state index contributed by atoms with van der Waals surface area (Å²) in [4.78, 5) is 39.3. The van der Waals surface area contributed by atoms with E-state index in [4.69, 9.17) is 4.74 Å². The molecule has 4 amide bonds. The number of ether oxygens (including phenoxy) is 1. The summed E-state index contributed by atoms with van der Waals surface area (Å²) in [7, 11) is 0. The SMILES string of the molecule is Cc1ccc(N2C(=O)NC(=O)/C(=C\c3cc(Br)ccc3OCc3cccc(F)c3)C2=O)cc1C. The molecule has 1 saturated heterocycles. The quantitative estimate of drug-likeness (QED) is 0.357. The van der Waals surface area contributed by atoms with Crippen molar-refractivity contribution in [1.29, 1.82) is 0 Å². The first-order valence-corrected chi connectivity index (χ1v) is 11.2. The third-order valence-electron chi connectivity index (χ3n) is 5.41. The Bertz CT molecular complexity index is 1350. The van der Waals surface area contributed by atoms with Gasteiger partial charge in [-0.15, -0.1) is 0 Å². The number of carbonyl (C=O) groups is 3. The third-order valence-corrected chi connectivity index (χ3v) is 5.90. The van der Waals surface area contributed by atoms with E-state index in [2.05, 4.69) is 21.2 Å². The summed E-state index contributed by atoms with van der Waals surface area (Å²) >= 11 is 3.39. The molecule has 3 aromatic rings. The highest BCUT2D eigenvalue weighted by molar-refractivity contribution is 9.10. The van der Waals surface area contributed by atoms with E-state index < -0.39 is 17.8 Å². The molecule has 1 fully saturated rings. The number of hydrogen-bond donors (Lipinski definition) is 1. The highest BCUT2D eigenvalue weighted by Crippen LogP contribution is 2.29. The number of benzene rings is 3. The molecule has 4 rings (SSSR count). The summed E-state index contributed by atoms with van der Waals surface area (Å²) in [6.45, 7) is 3.88. The number of nitrogens with one attached hydrogen (secondary N) is 1. The fourth-order valence-corrected chi connectivity index (χ4v) is 3.84. The van der Waals surface area contributed by atoms with Crippen LogP contribution in [0.15, 0.2) is 70.7 Å². The monoisotopic (exact) mass is 522 g/mol. The summed E-state index contributed by atoms with van der Waals surface area (Å²) in [5.74, 6) is -1.53. The minimum Gasteiger partial charge on any atom is -0.488 e. The number of carbonyl (C=O) groups excluding carboxylic acids is 3. The maximum absolute atomic E-state index is 13.5. The lowest BCUT2D eigenvalue weighted by atomic mass is 10.0. The summed E-state index contributed by atoms with van der Waals surface area (Å²) < 4.78 is 20.0. The second-order valence-electron chi connectivity index (χ2n) is 7.83. The van der Waals surface area contributed by atoms with Crippen molar-refractivity contribution in [1.82, 2.24) is 5.32 Å². The van der Waals surface area contributed by atoms with Gasteiger partial charge in [0.2, 0.25) is 0 Å². The number of halogens is 2. The molecule has 1 aliphatic heterocycles. The molecule has 0 spiro atoms. The van der Waals surface area contributed by atoms with Gasteiger partial charge in [-0.05, 0) is 79.1 Å². The van der Waals surface area contributed by atoms with Crippen LogP contribution in [-0.4, -0.2) is 17.8 Å². The van der Waals surface area contributed by atoms with Crippen LogP contribution in [0.5, 0.6) is 5.75 Å². The van der Waals surface area contributed by atoms with E-state index in [1.807, 2.05) is 13.8 Å². The predicted octanol–water partition coefficient (Wildman–Crippen LogP) is 5.45. The van der Waals surface area contributed by atoms with Crippen LogP contribution in [0.4, 0.5) is 14.9 Å². The van der Waals surface area contributed by atoms with E-state index in [0.29, 0.717) is 27.0 Å². The lowest BCUT2D eigenvalue weighted by Crippen LogP contribution is -2.54. The van der Waals surface area contributed by atoms with Gasteiger partial charge >= 0.3 is 6.03 Å². The Labute approximate surface area is 204 Å². The average molecular weight is 523 g/mol. The second kappa shape index (κ2) is 9.61. The van der Waals surface area contributed by atoms with Crippen molar-refractivity contribution in [3.8, 4) is 5.75 Å². The Morgan fingerprint density at radius 1 is 1.00 bits per heavy atom. The van der Waals surface area contributed by atoms with Crippen molar-refractivity contribution in [3.05, 3.63) is 98.8 Å². The molecule has 34 heavy (non-hydrogen) atoms. The van der Waals surface area contributed by atoms with Gasteiger partial charge in [-0.25, -0.2) is 14.1 Å². The molecule has 0 aromatic heterocycles. The summed E-state index contributed by atoms with van der Waals surface area (Å²) in [6.07, 6.45) is 1.38. The molecule has 8 heteroatoms. The van der Waals surface area contributed by atoms with Gasteiger partial charge in [0, 0.05) is 10.0 Å². The fourth-order valence-electron chi connectivity index (χ4n) is 3.46. The van der Waals surface area contributed by atoms with E-state index in [9.17, 15) is 18.8 Å². The smallest absolute Gasteiger partial charge is 0.335 e. The number of barbiturate groups is 1. The van der Waals surface area contributed by atoms with Crippen molar-refractivity contribution in [2.45, 2.75) is 20.5 Å². The number of rotatable bonds is 5. The van der Waals surface area contributed by atoms with Crippen LogP contribution in [0.25, 0.3) is 6.08 Å². The molecular weight excluding hydrogens is 503 g/mol. The molecule has 3 aromatic carbocycles. The van der Waals surface area contributed by atoms with Crippen molar-refractivity contribution in [2.24, 2.45) is 0 Å². The molecule has 0 bridgehead atoms. The highest BCUT2D eigenvalue weighted by Gasteiger charge is 2.37. The first-order valence-electron chi connectivity index (χ1n) is 10.4. The molecular formula is C26H20BrFN2O4. The largest absolute Gasteiger partial charge is 0.488 e. The van der Waals surface area contributed by atoms with Gasteiger partial charge in [-0.3, -0.25) is 14.9 Å². The van der Waals surface area contributed by atoms with Crippen LogP contribution in [0.1, 0.15) is 22.3 Å². The van der Waals surface area contributed by atoms with Gasteiger partial charge in [0.05, 0.1) is 5.69 Å². The van der Waals surface area contributed by atoms with E-state index in [1.165, 1.54) is 18.2 Å². The zero-order chi connectivity index (χ0) is 24.4. The van der Waals surface area contributed by atoms with E-state index in [1.54, 1.807) is 48.5 Å². The van der Waals surface area contributed by atoms with Gasteiger partial charge in [-0.2, -0.15) is 0 Å². The Kier molecular flexibility index (Phi) is 6.61. The number of urea groups is 1. The van der Waals surface area contributed by atoms with Crippen LogP contribution in [0.3, 0.4) is 0 Å². The minimum absolute atomic E-state index is 0.0863.